The number of aryl methyl sites for hydroxylation is 1. The van der Waals surface area contributed by atoms with Crippen LogP contribution < -0.4 is 5.73 Å². The highest BCUT2D eigenvalue weighted by Gasteiger charge is 2.05. The van der Waals surface area contributed by atoms with E-state index in [-0.39, 0.29) is 0 Å². The highest BCUT2D eigenvalue weighted by molar-refractivity contribution is 5.69. The van der Waals surface area contributed by atoms with E-state index in [1.54, 1.807) is 6.07 Å². The molecule has 0 saturated heterocycles. The SMILES string of the molecule is Cc1cc(N=[N+]=[N-])c(N)c(C)c1C. The van der Waals surface area contributed by atoms with E-state index in [9.17, 15) is 0 Å². The number of benzene rings is 1. The molecule has 0 aliphatic carbocycles. The number of rotatable bonds is 1. The Balaban J connectivity index is 3.49. The van der Waals surface area contributed by atoms with Gasteiger partial charge < -0.3 is 5.73 Å². The molecule has 0 unspecified atom stereocenters. The van der Waals surface area contributed by atoms with Crippen molar-refractivity contribution in [3.63, 3.8) is 0 Å². The van der Waals surface area contributed by atoms with Crippen LogP contribution in [0.15, 0.2) is 11.2 Å². The van der Waals surface area contributed by atoms with E-state index in [2.05, 4.69) is 10.0 Å². The van der Waals surface area contributed by atoms with Crippen molar-refractivity contribution in [3.05, 3.63) is 33.2 Å². The molecule has 0 atom stereocenters. The van der Waals surface area contributed by atoms with E-state index in [4.69, 9.17) is 11.3 Å². The fourth-order valence-electron chi connectivity index (χ4n) is 1.21. The number of anilines is 1. The van der Waals surface area contributed by atoms with Crippen LogP contribution in [-0.4, -0.2) is 0 Å². The third-order valence-corrected chi connectivity index (χ3v) is 2.34. The first-order valence-corrected chi connectivity index (χ1v) is 3.99. The van der Waals surface area contributed by atoms with Gasteiger partial charge in [0.2, 0.25) is 0 Å². The Labute approximate surface area is 77.0 Å². The summed E-state index contributed by atoms with van der Waals surface area (Å²) in [5.41, 5.74) is 18.4. The first-order chi connectivity index (χ1) is 6.07. The molecular weight excluding hydrogens is 164 g/mol. The Morgan fingerprint density at radius 1 is 1.31 bits per heavy atom. The third kappa shape index (κ3) is 1.58. The van der Waals surface area contributed by atoms with Crippen molar-refractivity contribution >= 4 is 11.4 Å². The second-order valence-electron chi connectivity index (χ2n) is 3.07. The minimum absolute atomic E-state index is 0.517. The van der Waals surface area contributed by atoms with Crippen LogP contribution in [0.4, 0.5) is 11.4 Å². The largest absolute Gasteiger partial charge is 0.398 e. The number of nitrogens with two attached hydrogens (primary N) is 1. The van der Waals surface area contributed by atoms with E-state index in [0.29, 0.717) is 11.4 Å². The molecular formula is C9H12N4. The highest BCUT2D eigenvalue weighted by Crippen LogP contribution is 2.30. The molecule has 0 aromatic heterocycles. The minimum atomic E-state index is 0.517. The molecule has 2 N–H and O–H groups in total. The Morgan fingerprint density at radius 3 is 2.46 bits per heavy atom. The van der Waals surface area contributed by atoms with Crippen LogP contribution in [0.3, 0.4) is 0 Å². The third-order valence-electron chi connectivity index (χ3n) is 2.34. The van der Waals surface area contributed by atoms with Gasteiger partial charge in [-0.2, -0.15) is 0 Å². The van der Waals surface area contributed by atoms with Gasteiger partial charge in [-0.25, -0.2) is 0 Å². The summed E-state index contributed by atoms with van der Waals surface area (Å²) in [5.74, 6) is 0. The van der Waals surface area contributed by atoms with Gasteiger partial charge in [-0.1, -0.05) is 5.11 Å². The Morgan fingerprint density at radius 2 is 1.92 bits per heavy atom. The van der Waals surface area contributed by atoms with E-state index >= 15 is 0 Å². The van der Waals surface area contributed by atoms with Gasteiger partial charge in [0, 0.05) is 10.6 Å². The van der Waals surface area contributed by atoms with Crippen molar-refractivity contribution in [1.82, 2.24) is 0 Å². The summed E-state index contributed by atoms with van der Waals surface area (Å²) in [5, 5.41) is 3.52. The molecule has 0 aliphatic heterocycles. The van der Waals surface area contributed by atoms with E-state index in [0.717, 1.165) is 16.7 Å². The molecule has 1 aromatic rings. The lowest BCUT2D eigenvalue weighted by molar-refractivity contribution is 1.26. The van der Waals surface area contributed by atoms with Crippen molar-refractivity contribution in [1.29, 1.82) is 0 Å². The Hall–Kier alpha value is -1.67. The minimum Gasteiger partial charge on any atom is -0.398 e. The summed E-state index contributed by atoms with van der Waals surface area (Å²) in [7, 11) is 0. The zero-order chi connectivity index (χ0) is 10.0. The zero-order valence-electron chi connectivity index (χ0n) is 8.00. The fourth-order valence-corrected chi connectivity index (χ4v) is 1.21. The molecule has 0 amide bonds. The van der Waals surface area contributed by atoms with Gasteiger partial charge in [-0.3, -0.25) is 0 Å². The van der Waals surface area contributed by atoms with Gasteiger partial charge in [0.25, 0.3) is 0 Å². The van der Waals surface area contributed by atoms with Gasteiger partial charge in [0.1, 0.15) is 0 Å². The van der Waals surface area contributed by atoms with Gasteiger partial charge in [-0.05, 0) is 49.1 Å². The monoisotopic (exact) mass is 176 g/mol. The average Bonchev–Trinajstić information content (AvgIpc) is 2.11. The molecule has 1 rings (SSSR count). The van der Waals surface area contributed by atoms with E-state index < -0.39 is 0 Å². The van der Waals surface area contributed by atoms with Crippen molar-refractivity contribution in [2.24, 2.45) is 5.11 Å². The lowest BCUT2D eigenvalue weighted by Gasteiger charge is -2.10. The van der Waals surface area contributed by atoms with E-state index in [1.165, 1.54) is 0 Å². The number of hydrogen-bond acceptors (Lipinski definition) is 2. The molecule has 0 spiro atoms. The Bertz CT molecular complexity index is 389. The van der Waals surface area contributed by atoms with Crippen LogP contribution >= 0.6 is 0 Å². The van der Waals surface area contributed by atoms with Crippen molar-refractivity contribution < 1.29 is 0 Å². The predicted molar refractivity (Wildman–Crippen MR) is 53.9 cm³/mol. The predicted octanol–water partition coefficient (Wildman–Crippen LogP) is 3.14. The standard InChI is InChI=1S/C9H12N4/c1-5-4-8(12-13-11)9(10)7(3)6(5)2/h4H,10H2,1-3H3. The topological polar surface area (TPSA) is 74.8 Å². The molecule has 0 aliphatic rings. The summed E-state index contributed by atoms with van der Waals surface area (Å²) >= 11 is 0. The van der Waals surface area contributed by atoms with Crippen molar-refractivity contribution in [3.8, 4) is 0 Å². The summed E-state index contributed by atoms with van der Waals surface area (Å²) in [6, 6.07) is 1.80. The number of azide groups is 1. The summed E-state index contributed by atoms with van der Waals surface area (Å²) in [4.78, 5) is 2.72. The number of hydrogen-bond donors (Lipinski definition) is 1. The average molecular weight is 176 g/mol. The maximum atomic E-state index is 8.30. The molecule has 68 valence electrons. The van der Waals surface area contributed by atoms with Crippen molar-refractivity contribution in [2.45, 2.75) is 20.8 Å². The molecule has 0 fully saturated rings. The van der Waals surface area contributed by atoms with Crippen LogP contribution in [0.25, 0.3) is 10.4 Å². The second-order valence-corrected chi connectivity index (χ2v) is 3.07. The Kier molecular flexibility index (Phi) is 2.44. The molecule has 0 heterocycles. The summed E-state index contributed by atoms with van der Waals surface area (Å²) in [6.07, 6.45) is 0. The van der Waals surface area contributed by atoms with Crippen LogP contribution in [0.2, 0.25) is 0 Å². The summed E-state index contributed by atoms with van der Waals surface area (Å²) in [6.45, 7) is 5.90. The molecule has 0 bridgehead atoms. The quantitative estimate of drug-likeness (QED) is 0.303. The zero-order valence-corrected chi connectivity index (χ0v) is 8.00. The van der Waals surface area contributed by atoms with Gasteiger partial charge in [0.15, 0.2) is 0 Å². The highest BCUT2D eigenvalue weighted by atomic mass is 15.1. The maximum absolute atomic E-state index is 8.30. The molecule has 0 radical (unpaired) electrons. The first-order valence-electron chi connectivity index (χ1n) is 3.99. The first kappa shape index (κ1) is 9.42. The number of nitrogen functional groups attached to an aromatic ring is 1. The molecule has 0 saturated carbocycles. The smallest absolute Gasteiger partial charge is 0.0610 e. The normalized spacial score (nSPS) is 9.46. The molecule has 1 aromatic carbocycles. The van der Waals surface area contributed by atoms with Gasteiger partial charge >= 0.3 is 0 Å². The van der Waals surface area contributed by atoms with Crippen molar-refractivity contribution in [2.75, 3.05) is 5.73 Å². The molecule has 13 heavy (non-hydrogen) atoms. The molecule has 4 nitrogen and oxygen atoms in total. The lowest BCUT2D eigenvalue weighted by atomic mass is 10.0. The van der Waals surface area contributed by atoms with Gasteiger partial charge in [0.05, 0.1) is 5.69 Å². The summed E-state index contributed by atoms with van der Waals surface area (Å²) < 4.78 is 0. The van der Waals surface area contributed by atoms with Crippen LogP contribution in [0.1, 0.15) is 16.7 Å². The van der Waals surface area contributed by atoms with Crippen LogP contribution in [0, 0.1) is 20.8 Å². The van der Waals surface area contributed by atoms with Crippen LogP contribution in [0.5, 0.6) is 0 Å². The molecule has 4 heteroatoms. The van der Waals surface area contributed by atoms with Gasteiger partial charge in [-0.15, -0.1) is 0 Å². The maximum Gasteiger partial charge on any atom is 0.0610 e. The second kappa shape index (κ2) is 3.37. The number of nitrogens with zero attached hydrogens (tertiary/aromatic N) is 3. The lowest BCUT2D eigenvalue weighted by Crippen LogP contribution is -1.95. The van der Waals surface area contributed by atoms with Crippen LogP contribution in [-0.2, 0) is 0 Å². The fraction of sp³-hybridized carbons (Fsp3) is 0.333. The van der Waals surface area contributed by atoms with E-state index in [1.807, 2.05) is 20.8 Å².